The van der Waals surface area contributed by atoms with Crippen molar-refractivity contribution in [2.24, 2.45) is 7.05 Å². The smallest absolute Gasteiger partial charge is 0.408 e. The van der Waals surface area contributed by atoms with Crippen LogP contribution in [0.15, 0.2) is 39.8 Å². The average Bonchev–Trinajstić information content (AvgIpc) is 2.86. The van der Waals surface area contributed by atoms with Gasteiger partial charge in [0.25, 0.3) is 0 Å². The van der Waals surface area contributed by atoms with Gasteiger partial charge in [-0.1, -0.05) is 0 Å². The Labute approximate surface area is 102 Å². The van der Waals surface area contributed by atoms with Gasteiger partial charge in [-0.05, 0) is 18.2 Å². The number of oxazole rings is 1. The van der Waals surface area contributed by atoms with Crippen LogP contribution in [0.3, 0.4) is 0 Å². The Morgan fingerprint density at radius 1 is 1.44 bits per heavy atom. The van der Waals surface area contributed by atoms with E-state index in [1.807, 2.05) is 13.2 Å². The molecule has 3 rings (SSSR count). The van der Waals surface area contributed by atoms with Crippen molar-refractivity contribution in [2.45, 2.75) is 6.54 Å². The van der Waals surface area contributed by atoms with E-state index in [2.05, 4.69) is 5.10 Å². The Hall–Kier alpha value is -2.50. The lowest BCUT2D eigenvalue weighted by Gasteiger charge is -1.99. The van der Waals surface area contributed by atoms with Crippen LogP contribution in [0.25, 0.3) is 11.1 Å². The fourth-order valence-corrected chi connectivity index (χ4v) is 1.96. The molecule has 1 aromatic carbocycles. The van der Waals surface area contributed by atoms with E-state index in [4.69, 9.17) is 10.2 Å². The molecule has 0 amide bonds. The molecule has 0 saturated heterocycles. The number of aryl methyl sites for hydroxylation is 1. The van der Waals surface area contributed by atoms with Crippen LogP contribution in [-0.4, -0.2) is 14.3 Å². The number of aromatic nitrogens is 3. The highest BCUT2D eigenvalue weighted by molar-refractivity contribution is 5.77. The number of fused-ring (bicyclic) bond motifs is 1. The fraction of sp³-hybridized carbons (Fsp3) is 0.167. The highest BCUT2D eigenvalue weighted by Crippen LogP contribution is 2.17. The topological polar surface area (TPSA) is 79.0 Å². The summed E-state index contributed by atoms with van der Waals surface area (Å²) in [6, 6.07) is 5.14. The molecule has 0 fully saturated rings. The van der Waals surface area contributed by atoms with E-state index in [1.54, 1.807) is 33.6 Å². The number of nitrogen functional groups attached to an aromatic ring is 1. The second kappa shape index (κ2) is 3.76. The van der Waals surface area contributed by atoms with E-state index < -0.39 is 0 Å². The fourth-order valence-electron chi connectivity index (χ4n) is 1.96. The normalized spacial score (nSPS) is 11.2. The van der Waals surface area contributed by atoms with Gasteiger partial charge in [0.15, 0.2) is 5.58 Å². The lowest BCUT2D eigenvalue weighted by Crippen LogP contribution is -2.14. The molecule has 0 bridgehead atoms. The molecule has 0 radical (unpaired) electrons. The number of rotatable bonds is 2. The molecule has 0 aliphatic heterocycles. The van der Waals surface area contributed by atoms with Crippen LogP contribution in [0.2, 0.25) is 0 Å². The summed E-state index contributed by atoms with van der Waals surface area (Å²) >= 11 is 0. The van der Waals surface area contributed by atoms with E-state index in [-0.39, 0.29) is 5.76 Å². The predicted octanol–water partition coefficient (Wildman–Crippen LogP) is 0.959. The van der Waals surface area contributed by atoms with Gasteiger partial charge in [0.1, 0.15) is 0 Å². The summed E-state index contributed by atoms with van der Waals surface area (Å²) in [5.41, 5.74) is 8.50. The third-order valence-corrected chi connectivity index (χ3v) is 2.79. The zero-order chi connectivity index (χ0) is 12.7. The van der Waals surface area contributed by atoms with Crippen LogP contribution in [0.5, 0.6) is 0 Å². The Balaban J connectivity index is 2.13. The lowest BCUT2D eigenvalue weighted by atomic mass is 10.3. The Kier molecular flexibility index (Phi) is 2.22. The first-order valence-corrected chi connectivity index (χ1v) is 5.50. The summed E-state index contributed by atoms with van der Waals surface area (Å²) in [5.74, 6) is -0.389. The third kappa shape index (κ3) is 1.67. The van der Waals surface area contributed by atoms with E-state index in [0.717, 1.165) is 5.56 Å². The molecule has 0 unspecified atom stereocenters. The van der Waals surface area contributed by atoms with E-state index >= 15 is 0 Å². The van der Waals surface area contributed by atoms with Gasteiger partial charge in [0, 0.05) is 24.5 Å². The highest BCUT2D eigenvalue weighted by Gasteiger charge is 2.10. The summed E-state index contributed by atoms with van der Waals surface area (Å²) < 4.78 is 8.39. The van der Waals surface area contributed by atoms with Crippen LogP contribution in [0.4, 0.5) is 5.69 Å². The standard InChI is InChI=1S/C12H12N4O2/c1-15-6-8(5-14-15)7-16-10-4-9(13)2-3-11(10)18-12(16)17/h2-6H,7,13H2,1H3. The summed E-state index contributed by atoms with van der Waals surface area (Å²) in [6.45, 7) is 0.420. The average molecular weight is 244 g/mol. The molecule has 0 aliphatic rings. The molecule has 0 aliphatic carbocycles. The maximum absolute atomic E-state index is 11.8. The van der Waals surface area contributed by atoms with Gasteiger partial charge in [0.2, 0.25) is 0 Å². The first-order valence-electron chi connectivity index (χ1n) is 5.50. The van der Waals surface area contributed by atoms with Crippen molar-refractivity contribution in [3.8, 4) is 0 Å². The molecule has 6 nitrogen and oxygen atoms in total. The van der Waals surface area contributed by atoms with Gasteiger partial charge in [-0.2, -0.15) is 5.10 Å². The molecule has 2 N–H and O–H groups in total. The molecule has 92 valence electrons. The van der Waals surface area contributed by atoms with Gasteiger partial charge in [-0.15, -0.1) is 0 Å². The number of hydrogen-bond acceptors (Lipinski definition) is 4. The summed E-state index contributed by atoms with van der Waals surface area (Å²) in [5, 5.41) is 4.07. The van der Waals surface area contributed by atoms with Crippen molar-refractivity contribution in [2.75, 3.05) is 5.73 Å². The number of benzene rings is 1. The number of anilines is 1. The van der Waals surface area contributed by atoms with E-state index in [0.29, 0.717) is 23.3 Å². The molecular weight excluding hydrogens is 232 g/mol. The van der Waals surface area contributed by atoms with Crippen LogP contribution >= 0.6 is 0 Å². The largest absolute Gasteiger partial charge is 0.420 e. The van der Waals surface area contributed by atoms with Crippen molar-refractivity contribution in [3.63, 3.8) is 0 Å². The first-order chi connectivity index (χ1) is 8.63. The Morgan fingerprint density at radius 2 is 2.28 bits per heavy atom. The Bertz CT molecular complexity index is 766. The minimum atomic E-state index is -0.389. The zero-order valence-corrected chi connectivity index (χ0v) is 9.83. The van der Waals surface area contributed by atoms with Crippen LogP contribution < -0.4 is 11.5 Å². The van der Waals surface area contributed by atoms with Crippen molar-refractivity contribution in [1.29, 1.82) is 0 Å². The van der Waals surface area contributed by atoms with Crippen LogP contribution in [0.1, 0.15) is 5.56 Å². The maximum atomic E-state index is 11.8. The second-order valence-electron chi connectivity index (χ2n) is 4.20. The molecule has 18 heavy (non-hydrogen) atoms. The van der Waals surface area contributed by atoms with Crippen LogP contribution in [0, 0.1) is 0 Å². The highest BCUT2D eigenvalue weighted by atomic mass is 16.4. The summed E-state index contributed by atoms with van der Waals surface area (Å²) in [6.07, 6.45) is 3.58. The number of nitrogens with zero attached hydrogens (tertiary/aromatic N) is 3. The molecular formula is C12H12N4O2. The van der Waals surface area contributed by atoms with E-state index in [1.165, 1.54) is 0 Å². The maximum Gasteiger partial charge on any atom is 0.420 e. The predicted molar refractivity (Wildman–Crippen MR) is 67.2 cm³/mol. The number of nitrogens with two attached hydrogens (primary N) is 1. The van der Waals surface area contributed by atoms with Gasteiger partial charge in [0.05, 0.1) is 18.3 Å². The van der Waals surface area contributed by atoms with Crippen molar-refractivity contribution in [1.82, 2.24) is 14.3 Å². The van der Waals surface area contributed by atoms with Gasteiger partial charge in [-0.3, -0.25) is 9.25 Å². The lowest BCUT2D eigenvalue weighted by molar-refractivity contribution is 0.517. The van der Waals surface area contributed by atoms with Gasteiger partial charge >= 0.3 is 5.76 Å². The molecule has 0 saturated carbocycles. The molecule has 0 atom stereocenters. The molecule has 3 aromatic rings. The van der Waals surface area contributed by atoms with Crippen molar-refractivity contribution < 1.29 is 4.42 Å². The summed E-state index contributed by atoms with van der Waals surface area (Å²) in [7, 11) is 1.83. The van der Waals surface area contributed by atoms with Gasteiger partial charge < -0.3 is 10.2 Å². The van der Waals surface area contributed by atoms with Crippen molar-refractivity contribution >= 4 is 16.8 Å². The van der Waals surface area contributed by atoms with Crippen LogP contribution in [-0.2, 0) is 13.6 Å². The van der Waals surface area contributed by atoms with Crippen molar-refractivity contribution in [3.05, 3.63) is 46.7 Å². The zero-order valence-electron chi connectivity index (χ0n) is 9.83. The van der Waals surface area contributed by atoms with E-state index in [9.17, 15) is 4.79 Å². The quantitative estimate of drug-likeness (QED) is 0.681. The minimum Gasteiger partial charge on any atom is -0.408 e. The molecule has 2 heterocycles. The molecule has 6 heteroatoms. The summed E-state index contributed by atoms with van der Waals surface area (Å²) in [4.78, 5) is 11.8. The first kappa shape index (κ1) is 10.6. The molecule has 0 spiro atoms. The Morgan fingerprint density at radius 3 is 3.00 bits per heavy atom. The minimum absolute atomic E-state index is 0.389. The third-order valence-electron chi connectivity index (χ3n) is 2.79. The SMILES string of the molecule is Cn1cc(Cn2c(=O)oc3ccc(N)cc32)cn1. The van der Waals surface area contributed by atoms with Gasteiger partial charge in [-0.25, -0.2) is 4.79 Å². The monoisotopic (exact) mass is 244 g/mol. The molecule has 2 aromatic heterocycles. The number of hydrogen-bond donors (Lipinski definition) is 1. The second-order valence-corrected chi connectivity index (χ2v) is 4.20.